The van der Waals surface area contributed by atoms with Crippen molar-refractivity contribution >= 4 is 45.5 Å². The van der Waals surface area contributed by atoms with Crippen LogP contribution in [-0.4, -0.2) is 4.99 Å². The highest BCUT2D eigenvalue weighted by atomic mass is 127. The Morgan fingerprint density at radius 3 is 2.19 bits per heavy atom. The van der Waals surface area contributed by atoms with E-state index in [0.717, 1.165) is 16.2 Å². The maximum absolute atomic E-state index is 5.33. The molecule has 0 heterocycles. The molecule has 0 radical (unpaired) electrons. The quantitative estimate of drug-likeness (QED) is 0.654. The molecule has 0 amide bonds. The maximum Gasteiger partial charge on any atom is 0.110 e. The van der Waals surface area contributed by atoms with E-state index in [0.29, 0.717) is 0 Å². The Bertz CT molecular complexity index is 479. The van der Waals surface area contributed by atoms with Gasteiger partial charge in [0.2, 0.25) is 0 Å². The lowest BCUT2D eigenvalue weighted by molar-refractivity contribution is 1.58. The molecule has 0 aliphatic carbocycles. The van der Waals surface area contributed by atoms with E-state index in [4.69, 9.17) is 12.2 Å². The maximum atomic E-state index is 5.33. The van der Waals surface area contributed by atoms with Gasteiger partial charge < -0.3 is 5.32 Å². The predicted molar refractivity (Wildman–Crippen MR) is 80.9 cm³/mol. The average molecular weight is 339 g/mol. The van der Waals surface area contributed by atoms with Crippen molar-refractivity contribution in [1.29, 1.82) is 0 Å². The molecule has 80 valence electrons. The van der Waals surface area contributed by atoms with Crippen molar-refractivity contribution < 1.29 is 0 Å². The lowest BCUT2D eigenvalue weighted by Gasteiger charge is -2.07. The average Bonchev–Trinajstić information content (AvgIpc) is 2.31. The molecule has 0 aromatic heterocycles. The second-order valence-electron chi connectivity index (χ2n) is 3.33. The van der Waals surface area contributed by atoms with Crippen LogP contribution in [0.25, 0.3) is 0 Å². The minimum atomic E-state index is 0.752. The highest BCUT2D eigenvalue weighted by Gasteiger charge is 2.00. The second kappa shape index (κ2) is 5.41. The summed E-state index contributed by atoms with van der Waals surface area (Å²) in [5, 5.41) is 3.21. The zero-order valence-corrected chi connectivity index (χ0v) is 11.5. The predicted octanol–water partition coefficient (Wildman–Crippen LogP) is 4.08. The minimum Gasteiger partial charge on any atom is -0.346 e. The molecule has 0 aliphatic rings. The van der Waals surface area contributed by atoms with Crippen molar-refractivity contribution in [2.24, 2.45) is 0 Å². The Kier molecular flexibility index (Phi) is 3.90. The molecule has 0 atom stereocenters. The standard InChI is InChI=1S/C13H10INS/c14-11-8-6-10(7-9-11)13(16)15-12-4-2-1-3-5-12/h1-9H,(H,15,16). The fourth-order valence-corrected chi connectivity index (χ4v) is 1.94. The van der Waals surface area contributed by atoms with Gasteiger partial charge in [-0.25, -0.2) is 0 Å². The summed E-state index contributed by atoms with van der Waals surface area (Å²) < 4.78 is 1.21. The van der Waals surface area contributed by atoms with Gasteiger partial charge >= 0.3 is 0 Å². The Labute approximate surface area is 114 Å². The summed E-state index contributed by atoms with van der Waals surface area (Å²) in [6, 6.07) is 18.1. The number of hydrogen-bond donors (Lipinski definition) is 1. The van der Waals surface area contributed by atoms with Crippen molar-refractivity contribution in [2.75, 3.05) is 5.32 Å². The van der Waals surface area contributed by atoms with Crippen molar-refractivity contribution in [3.05, 3.63) is 63.7 Å². The first-order valence-corrected chi connectivity index (χ1v) is 6.36. The first-order chi connectivity index (χ1) is 7.75. The third-order valence-corrected chi connectivity index (χ3v) is 3.19. The van der Waals surface area contributed by atoms with Crippen LogP contribution in [0.15, 0.2) is 54.6 Å². The highest BCUT2D eigenvalue weighted by Crippen LogP contribution is 2.11. The molecular weight excluding hydrogens is 329 g/mol. The Morgan fingerprint density at radius 2 is 1.56 bits per heavy atom. The minimum absolute atomic E-state index is 0.752. The molecule has 16 heavy (non-hydrogen) atoms. The summed E-state index contributed by atoms with van der Waals surface area (Å²) in [6.45, 7) is 0. The molecule has 2 aromatic rings. The van der Waals surface area contributed by atoms with Crippen LogP contribution < -0.4 is 5.32 Å². The number of benzene rings is 2. The lowest BCUT2D eigenvalue weighted by atomic mass is 10.2. The van der Waals surface area contributed by atoms with E-state index < -0.39 is 0 Å². The van der Waals surface area contributed by atoms with Gasteiger partial charge in [0.1, 0.15) is 4.99 Å². The van der Waals surface area contributed by atoms with Crippen LogP contribution in [0.2, 0.25) is 0 Å². The van der Waals surface area contributed by atoms with Gasteiger partial charge in [-0.1, -0.05) is 42.5 Å². The Morgan fingerprint density at radius 1 is 0.938 bits per heavy atom. The zero-order valence-electron chi connectivity index (χ0n) is 8.48. The molecule has 1 nitrogen and oxygen atoms in total. The van der Waals surface area contributed by atoms with Crippen molar-refractivity contribution in [3.63, 3.8) is 0 Å². The number of hydrogen-bond acceptors (Lipinski definition) is 1. The van der Waals surface area contributed by atoms with Crippen LogP contribution >= 0.6 is 34.8 Å². The summed E-state index contributed by atoms with van der Waals surface area (Å²) >= 11 is 7.61. The number of nitrogens with one attached hydrogen (secondary N) is 1. The van der Waals surface area contributed by atoms with E-state index in [9.17, 15) is 0 Å². The largest absolute Gasteiger partial charge is 0.346 e. The summed E-state index contributed by atoms with van der Waals surface area (Å²) in [5.41, 5.74) is 2.06. The van der Waals surface area contributed by atoms with Gasteiger partial charge in [0.15, 0.2) is 0 Å². The van der Waals surface area contributed by atoms with E-state index in [2.05, 4.69) is 40.0 Å². The third-order valence-electron chi connectivity index (χ3n) is 2.14. The number of anilines is 1. The fourth-order valence-electron chi connectivity index (χ4n) is 1.33. The van der Waals surface area contributed by atoms with Crippen molar-refractivity contribution in [2.45, 2.75) is 0 Å². The number of para-hydroxylation sites is 1. The molecule has 1 N–H and O–H groups in total. The monoisotopic (exact) mass is 339 g/mol. The number of halogens is 1. The molecule has 0 saturated heterocycles. The fraction of sp³-hybridized carbons (Fsp3) is 0. The van der Waals surface area contributed by atoms with Gasteiger partial charge in [0.25, 0.3) is 0 Å². The van der Waals surface area contributed by atoms with Gasteiger partial charge in [0.05, 0.1) is 0 Å². The van der Waals surface area contributed by atoms with Gasteiger partial charge in [0, 0.05) is 14.8 Å². The van der Waals surface area contributed by atoms with Gasteiger partial charge in [-0.05, 0) is 46.9 Å². The molecule has 3 heteroatoms. The lowest BCUT2D eigenvalue weighted by Crippen LogP contribution is -2.10. The molecule has 0 spiro atoms. The van der Waals surface area contributed by atoms with E-state index in [1.807, 2.05) is 42.5 Å². The first kappa shape index (κ1) is 11.5. The second-order valence-corrected chi connectivity index (χ2v) is 4.98. The van der Waals surface area contributed by atoms with Crippen LogP contribution in [0, 0.1) is 3.57 Å². The highest BCUT2D eigenvalue weighted by molar-refractivity contribution is 14.1. The van der Waals surface area contributed by atoms with E-state index in [1.54, 1.807) is 0 Å². The third kappa shape index (κ3) is 3.02. The van der Waals surface area contributed by atoms with Crippen LogP contribution in [0.5, 0.6) is 0 Å². The Hall–Kier alpha value is -0.940. The molecular formula is C13H10INS. The summed E-state index contributed by atoms with van der Waals surface area (Å²) in [4.78, 5) is 0.752. The number of rotatable bonds is 2. The van der Waals surface area contributed by atoms with E-state index in [-0.39, 0.29) is 0 Å². The smallest absolute Gasteiger partial charge is 0.110 e. The molecule has 0 bridgehead atoms. The van der Waals surface area contributed by atoms with Gasteiger partial charge in [-0.3, -0.25) is 0 Å². The normalized spacial score (nSPS) is 9.81. The van der Waals surface area contributed by atoms with Crippen LogP contribution in [0.4, 0.5) is 5.69 Å². The van der Waals surface area contributed by atoms with Crippen molar-refractivity contribution in [1.82, 2.24) is 0 Å². The molecule has 0 saturated carbocycles. The first-order valence-electron chi connectivity index (χ1n) is 4.88. The van der Waals surface area contributed by atoms with Gasteiger partial charge in [-0.15, -0.1) is 0 Å². The van der Waals surface area contributed by atoms with E-state index >= 15 is 0 Å². The summed E-state index contributed by atoms with van der Waals surface area (Å²) in [5.74, 6) is 0. The molecule has 2 aromatic carbocycles. The molecule has 0 fully saturated rings. The van der Waals surface area contributed by atoms with Crippen molar-refractivity contribution in [3.8, 4) is 0 Å². The molecule has 0 aliphatic heterocycles. The summed E-state index contributed by atoms with van der Waals surface area (Å²) in [7, 11) is 0. The van der Waals surface area contributed by atoms with Gasteiger partial charge in [-0.2, -0.15) is 0 Å². The zero-order chi connectivity index (χ0) is 11.4. The van der Waals surface area contributed by atoms with Crippen LogP contribution in [0.3, 0.4) is 0 Å². The summed E-state index contributed by atoms with van der Waals surface area (Å²) in [6.07, 6.45) is 0. The molecule has 2 rings (SSSR count). The van der Waals surface area contributed by atoms with E-state index in [1.165, 1.54) is 3.57 Å². The Balaban J connectivity index is 2.12. The molecule has 0 unspecified atom stereocenters. The SMILES string of the molecule is S=C(Nc1ccccc1)c1ccc(I)cc1. The topological polar surface area (TPSA) is 12.0 Å². The van der Waals surface area contributed by atoms with Crippen LogP contribution in [0.1, 0.15) is 5.56 Å². The number of thiocarbonyl (C=S) groups is 1. The van der Waals surface area contributed by atoms with Crippen LogP contribution in [-0.2, 0) is 0 Å².